The van der Waals surface area contributed by atoms with Crippen molar-refractivity contribution < 1.29 is 0 Å². The summed E-state index contributed by atoms with van der Waals surface area (Å²) in [5.41, 5.74) is 91.9. The summed E-state index contributed by atoms with van der Waals surface area (Å²) in [7, 11) is 5.72. The minimum atomic E-state index is 0.292. The number of benzene rings is 3. The van der Waals surface area contributed by atoms with Crippen LogP contribution in [0.3, 0.4) is 0 Å². The second kappa shape index (κ2) is 30.4. The maximum absolute atomic E-state index is 5.93. The van der Waals surface area contributed by atoms with E-state index < -0.39 is 0 Å². The first-order valence-corrected chi connectivity index (χ1v) is 24.2. The molecular formula is C49H95N17. The van der Waals surface area contributed by atoms with E-state index in [-0.39, 0.29) is 0 Å². The summed E-state index contributed by atoms with van der Waals surface area (Å²) in [5.74, 6) is 0. The van der Waals surface area contributed by atoms with Gasteiger partial charge < -0.3 is 96.2 Å². The van der Waals surface area contributed by atoms with Crippen molar-refractivity contribution in [3.63, 3.8) is 0 Å². The molecule has 2 unspecified atom stereocenters. The van der Waals surface area contributed by atoms with E-state index in [9.17, 15) is 0 Å². The van der Waals surface area contributed by atoms with Gasteiger partial charge in [0.25, 0.3) is 0 Å². The Kier molecular flexibility index (Phi) is 26.8. The van der Waals surface area contributed by atoms with Gasteiger partial charge in [-0.2, -0.15) is 0 Å². The number of rotatable bonds is 6. The van der Waals surface area contributed by atoms with Crippen LogP contribution in [0.1, 0.15) is 122 Å². The van der Waals surface area contributed by atoms with Crippen LogP contribution in [0.25, 0.3) is 0 Å². The van der Waals surface area contributed by atoms with Crippen LogP contribution in [0, 0.1) is 13.8 Å². The molecule has 376 valence electrons. The number of anilines is 6. The summed E-state index contributed by atoms with van der Waals surface area (Å²) in [6.07, 6.45) is 17.5. The van der Waals surface area contributed by atoms with Crippen molar-refractivity contribution >= 4 is 34.1 Å². The lowest BCUT2D eigenvalue weighted by Gasteiger charge is -2.14. The van der Waals surface area contributed by atoms with E-state index in [1.807, 2.05) is 51.5 Å². The average molecular weight is 922 g/mol. The normalized spacial score (nSPS) is 24.6. The minimum Gasteiger partial charge on any atom is -0.397 e. The molecule has 31 N–H and O–H groups in total. The zero-order chi connectivity index (χ0) is 49.5. The molecule has 0 saturated heterocycles. The number of hydrogen-bond donors (Lipinski definition) is 17. The molecule has 17 nitrogen and oxygen atoms in total. The van der Waals surface area contributed by atoms with Gasteiger partial charge in [0.05, 0.1) is 34.1 Å². The van der Waals surface area contributed by atoms with Crippen LogP contribution in [0.2, 0.25) is 0 Å². The minimum absolute atomic E-state index is 0.292. The Labute approximate surface area is 397 Å². The van der Waals surface area contributed by atoms with Gasteiger partial charge in [0.15, 0.2) is 0 Å². The van der Waals surface area contributed by atoms with Gasteiger partial charge in [-0.1, -0.05) is 31.7 Å². The van der Waals surface area contributed by atoms with Crippen LogP contribution in [0.4, 0.5) is 34.1 Å². The molecule has 0 aromatic heterocycles. The molecule has 5 aliphatic rings. The molecule has 0 bridgehead atoms. The van der Waals surface area contributed by atoms with Crippen molar-refractivity contribution in [2.24, 2.45) is 45.9 Å². The molecule has 4 fully saturated rings. The Balaban J connectivity index is 0.000000270. The fourth-order valence-corrected chi connectivity index (χ4v) is 8.75. The standard InChI is InChI=1S/C11H16N2.C10H18N4.C8H13N3.4C5H12N2/c1-6-8-4-3-5-9(8)7(2)11(13)10(6)12;1-13-5-7-3-9(11)10(12)4-8(7)6-14-2;1-11-5-6-2-3-7(9)8(10)4-6;4*6-4-2-1-3-5(4)7/h3-5,12-13H2,1-2H3;3-4,13-14H,5-6,11-12H2,1-2H3;2-4,11H,5,9-10H2,1H3;4*4-5H,1-3,6-7H2/t;;;4-,5+;2*4-,5-;/m....10./s1. The van der Waals surface area contributed by atoms with E-state index in [0.29, 0.717) is 71.1 Å². The van der Waals surface area contributed by atoms with Gasteiger partial charge in [-0.3, -0.25) is 0 Å². The topological polar surface area (TPSA) is 400 Å². The summed E-state index contributed by atoms with van der Waals surface area (Å²) in [6.45, 7) is 6.60. The van der Waals surface area contributed by atoms with E-state index >= 15 is 0 Å². The third-order valence-corrected chi connectivity index (χ3v) is 13.4. The van der Waals surface area contributed by atoms with Gasteiger partial charge >= 0.3 is 0 Å². The lowest BCUT2D eigenvalue weighted by molar-refractivity contribution is 0.603. The summed E-state index contributed by atoms with van der Waals surface area (Å²) in [4.78, 5) is 0. The smallest absolute Gasteiger partial charge is 0.0583 e. The lowest BCUT2D eigenvalue weighted by Crippen LogP contribution is -2.35. The van der Waals surface area contributed by atoms with Crippen molar-refractivity contribution in [3.05, 3.63) is 69.3 Å². The molecule has 3 aromatic rings. The number of nitrogens with one attached hydrogen (secondary N) is 3. The molecule has 0 amide bonds. The van der Waals surface area contributed by atoms with Gasteiger partial charge in [0, 0.05) is 68.0 Å². The van der Waals surface area contributed by atoms with Crippen molar-refractivity contribution in [2.75, 3.05) is 55.5 Å². The Bertz CT molecular complexity index is 1670. The molecule has 4 saturated carbocycles. The largest absolute Gasteiger partial charge is 0.397 e. The first-order valence-electron chi connectivity index (χ1n) is 24.2. The van der Waals surface area contributed by atoms with Crippen molar-refractivity contribution in [1.29, 1.82) is 0 Å². The van der Waals surface area contributed by atoms with Crippen LogP contribution >= 0.6 is 0 Å². The van der Waals surface area contributed by atoms with E-state index in [0.717, 1.165) is 87.9 Å². The predicted molar refractivity (Wildman–Crippen MR) is 285 cm³/mol. The maximum Gasteiger partial charge on any atom is 0.0583 e. The monoisotopic (exact) mass is 922 g/mol. The molecule has 3 aromatic carbocycles. The highest BCUT2D eigenvalue weighted by Gasteiger charge is 2.22. The molecule has 8 atom stereocenters. The number of hydrogen-bond acceptors (Lipinski definition) is 17. The number of nitrogen functional groups attached to an aromatic ring is 6. The summed E-state index contributed by atoms with van der Waals surface area (Å²) < 4.78 is 0. The van der Waals surface area contributed by atoms with E-state index in [1.54, 1.807) is 0 Å². The third-order valence-electron chi connectivity index (χ3n) is 13.4. The van der Waals surface area contributed by atoms with Crippen molar-refractivity contribution in [1.82, 2.24) is 16.0 Å². The Hall–Kier alpha value is -3.98. The molecular weight excluding hydrogens is 827 g/mol. The second-order valence-corrected chi connectivity index (χ2v) is 18.7. The predicted octanol–water partition coefficient (Wildman–Crippen LogP) is 2.12. The highest BCUT2D eigenvalue weighted by molar-refractivity contribution is 5.75. The summed E-state index contributed by atoms with van der Waals surface area (Å²) in [5, 5.41) is 9.24. The van der Waals surface area contributed by atoms with E-state index in [4.69, 9.17) is 80.3 Å². The number of fused-ring (bicyclic) bond motifs is 1. The second-order valence-electron chi connectivity index (χ2n) is 18.7. The van der Waals surface area contributed by atoms with Crippen LogP contribution in [0.5, 0.6) is 0 Å². The first-order chi connectivity index (χ1) is 31.3. The molecule has 0 spiro atoms. The van der Waals surface area contributed by atoms with Gasteiger partial charge in [0.1, 0.15) is 0 Å². The first kappa shape index (κ1) is 58.1. The van der Waals surface area contributed by atoms with Crippen molar-refractivity contribution in [2.45, 2.75) is 178 Å². The van der Waals surface area contributed by atoms with Gasteiger partial charge in [-0.15, -0.1) is 0 Å². The lowest BCUT2D eigenvalue weighted by atomic mass is 9.96. The van der Waals surface area contributed by atoms with Gasteiger partial charge in [0.2, 0.25) is 0 Å². The van der Waals surface area contributed by atoms with Gasteiger partial charge in [-0.25, -0.2) is 0 Å². The SMILES string of the molecule is CNCc1cc(N)c(N)cc1CNC.CNCc1ccc(N)c(N)c1.Cc1c(N)c(N)c(C)c2c1CCC2.NC1CCCC1N.N[C@@H]1CCC[C@@H]1N.N[C@@H]1CCC[C@H]1N.N[C@H]1CCC[C@@H]1N. The molecule has 17 heteroatoms. The van der Waals surface area contributed by atoms with Crippen LogP contribution in [-0.2, 0) is 32.5 Å². The zero-order valence-electron chi connectivity index (χ0n) is 41.3. The molecule has 66 heavy (non-hydrogen) atoms. The molecule has 8 rings (SSSR count). The third kappa shape index (κ3) is 19.3. The van der Waals surface area contributed by atoms with Crippen LogP contribution in [0.15, 0.2) is 30.3 Å². The quantitative estimate of drug-likeness (QED) is 0.157. The molecule has 0 aliphatic heterocycles. The Morgan fingerprint density at radius 2 is 0.682 bits per heavy atom. The molecule has 0 heterocycles. The zero-order valence-corrected chi connectivity index (χ0v) is 41.3. The number of nitrogens with two attached hydrogens (primary N) is 14. The maximum atomic E-state index is 5.93. The van der Waals surface area contributed by atoms with Crippen LogP contribution in [-0.4, -0.2) is 69.5 Å². The highest BCUT2D eigenvalue weighted by atomic mass is 14.8. The van der Waals surface area contributed by atoms with E-state index in [2.05, 4.69) is 29.8 Å². The summed E-state index contributed by atoms with van der Waals surface area (Å²) in [6, 6.07) is 11.9. The van der Waals surface area contributed by atoms with Crippen LogP contribution < -0.4 is 96.2 Å². The summed E-state index contributed by atoms with van der Waals surface area (Å²) >= 11 is 0. The fourth-order valence-electron chi connectivity index (χ4n) is 8.75. The average Bonchev–Trinajstić information content (AvgIpc) is 4.15. The molecule has 5 aliphatic carbocycles. The van der Waals surface area contributed by atoms with E-state index in [1.165, 1.54) is 78.3 Å². The van der Waals surface area contributed by atoms with Crippen molar-refractivity contribution in [3.8, 4) is 0 Å². The Morgan fingerprint density at radius 3 is 0.924 bits per heavy atom. The fraction of sp³-hybridized carbons (Fsp3) is 0.633. The van der Waals surface area contributed by atoms with Gasteiger partial charge in [-0.05, 0) is 169 Å². The Morgan fingerprint density at radius 1 is 0.394 bits per heavy atom. The molecule has 0 radical (unpaired) electrons. The highest BCUT2D eigenvalue weighted by Crippen LogP contribution is 2.36.